The molecule has 0 atom stereocenters. The van der Waals surface area contributed by atoms with Crippen LogP contribution in [0.1, 0.15) is 0 Å². The Morgan fingerprint density at radius 1 is 1.36 bits per heavy atom. The third kappa shape index (κ3) is 4.03. The zero-order valence-corrected chi connectivity index (χ0v) is 8.55. The van der Waals surface area contributed by atoms with Crippen LogP contribution < -0.4 is 4.72 Å². The summed E-state index contributed by atoms with van der Waals surface area (Å²) in [5.74, 6) is -0.0811. The number of morpholine rings is 1. The molecule has 0 aromatic carbocycles. The van der Waals surface area contributed by atoms with E-state index in [9.17, 15) is 13.2 Å². The molecular weight excluding hydrogens is 208 g/mol. The van der Waals surface area contributed by atoms with Gasteiger partial charge in [-0.15, -0.1) is 0 Å². The first-order chi connectivity index (χ1) is 6.64. The van der Waals surface area contributed by atoms with E-state index >= 15 is 0 Å². The lowest BCUT2D eigenvalue weighted by atomic mass is 10.4. The summed E-state index contributed by atoms with van der Waals surface area (Å²) in [5, 5.41) is 0. The molecule has 0 aromatic heterocycles. The molecule has 1 saturated heterocycles. The quantitative estimate of drug-likeness (QED) is 0.560. The fourth-order valence-electron chi connectivity index (χ4n) is 1.19. The van der Waals surface area contributed by atoms with Crippen molar-refractivity contribution in [1.82, 2.24) is 9.62 Å². The molecule has 0 aromatic rings. The Labute approximate surface area is 83.3 Å². The number of nitrogens with zero attached hydrogens (tertiary/aromatic N) is 1. The summed E-state index contributed by atoms with van der Waals surface area (Å²) in [6.45, 7) is 3.15. The number of hydrogen-bond donors (Lipinski definition) is 1. The second-order valence-corrected chi connectivity index (χ2v) is 4.82. The zero-order chi connectivity index (χ0) is 10.4. The van der Waals surface area contributed by atoms with Gasteiger partial charge in [-0.1, -0.05) is 0 Å². The van der Waals surface area contributed by atoms with Crippen molar-refractivity contribution >= 4 is 16.4 Å². The maximum Gasteiger partial charge on any atom is 0.323 e. The minimum Gasteiger partial charge on any atom is -0.379 e. The van der Waals surface area contributed by atoms with Gasteiger partial charge >= 0.3 is 6.41 Å². The zero-order valence-electron chi connectivity index (χ0n) is 7.73. The minimum atomic E-state index is -3.49. The minimum absolute atomic E-state index is 0.0811. The van der Waals surface area contributed by atoms with Gasteiger partial charge in [0.2, 0.25) is 10.0 Å². The lowest BCUT2D eigenvalue weighted by Crippen LogP contribution is -2.40. The Morgan fingerprint density at radius 3 is 2.57 bits per heavy atom. The van der Waals surface area contributed by atoms with Gasteiger partial charge in [0.1, 0.15) is 0 Å². The van der Waals surface area contributed by atoms with E-state index in [4.69, 9.17) is 4.74 Å². The van der Waals surface area contributed by atoms with E-state index in [0.29, 0.717) is 19.8 Å². The van der Waals surface area contributed by atoms with Crippen molar-refractivity contribution in [2.45, 2.75) is 0 Å². The Bertz CT molecular complexity index is 271. The highest BCUT2D eigenvalue weighted by atomic mass is 32.2. The van der Waals surface area contributed by atoms with Crippen LogP contribution in [-0.2, 0) is 19.6 Å². The Kier molecular flexibility index (Phi) is 4.30. The van der Waals surface area contributed by atoms with E-state index in [2.05, 4.69) is 0 Å². The van der Waals surface area contributed by atoms with Gasteiger partial charge in [-0.25, -0.2) is 13.1 Å². The summed E-state index contributed by atoms with van der Waals surface area (Å²) >= 11 is 0. The number of rotatable bonds is 5. The van der Waals surface area contributed by atoms with Crippen molar-refractivity contribution in [3.63, 3.8) is 0 Å². The van der Waals surface area contributed by atoms with Crippen LogP contribution in [0.3, 0.4) is 0 Å². The molecule has 1 fully saturated rings. The van der Waals surface area contributed by atoms with E-state index < -0.39 is 10.0 Å². The number of hydrogen-bond acceptors (Lipinski definition) is 5. The van der Waals surface area contributed by atoms with Crippen LogP contribution in [0.2, 0.25) is 0 Å². The summed E-state index contributed by atoms with van der Waals surface area (Å²) in [4.78, 5) is 11.8. The number of sulfonamides is 1. The molecule has 81 valence electrons. The average Bonchev–Trinajstić information content (AvgIpc) is 2.17. The van der Waals surface area contributed by atoms with Gasteiger partial charge in [-0.05, 0) is 0 Å². The summed E-state index contributed by atoms with van der Waals surface area (Å²) < 4.78 is 28.9. The highest BCUT2D eigenvalue weighted by molar-refractivity contribution is 7.89. The van der Waals surface area contributed by atoms with Gasteiger partial charge in [0.05, 0.1) is 19.0 Å². The number of carbonyl (C=O) groups excluding carboxylic acids is 1. The predicted molar refractivity (Wildman–Crippen MR) is 49.9 cm³/mol. The summed E-state index contributed by atoms with van der Waals surface area (Å²) in [7, 11) is -3.49. The van der Waals surface area contributed by atoms with Crippen LogP contribution in [0.5, 0.6) is 0 Å². The standard InChI is InChI=1S/C7H13N2O4S/c10-7-8-14(11,12)6-3-9-1-4-13-5-2-9/h1-6H2,(H,8,10). The van der Waals surface area contributed by atoms with Crippen molar-refractivity contribution < 1.29 is 17.9 Å². The first-order valence-electron chi connectivity index (χ1n) is 4.31. The maximum absolute atomic E-state index is 11.0. The topological polar surface area (TPSA) is 75.7 Å². The van der Waals surface area contributed by atoms with Crippen LogP contribution in [0.25, 0.3) is 0 Å². The number of amides is 1. The SMILES string of the molecule is O=[C]NS(=O)(=O)CCN1CCOCC1. The lowest BCUT2D eigenvalue weighted by Gasteiger charge is -2.26. The summed E-state index contributed by atoms with van der Waals surface area (Å²) in [6.07, 6.45) is 1.16. The molecule has 0 saturated carbocycles. The molecule has 0 unspecified atom stereocenters. The highest BCUT2D eigenvalue weighted by Gasteiger charge is 2.14. The van der Waals surface area contributed by atoms with Gasteiger partial charge in [0, 0.05) is 19.6 Å². The first-order valence-corrected chi connectivity index (χ1v) is 5.96. The largest absolute Gasteiger partial charge is 0.379 e. The van der Waals surface area contributed by atoms with Gasteiger partial charge in [0.15, 0.2) is 0 Å². The summed E-state index contributed by atoms with van der Waals surface area (Å²) in [6, 6.07) is 0. The Hall–Kier alpha value is -0.660. The van der Waals surface area contributed by atoms with Gasteiger partial charge in [0.25, 0.3) is 0 Å². The van der Waals surface area contributed by atoms with E-state index in [1.807, 2.05) is 4.90 Å². The molecule has 0 bridgehead atoms. The Morgan fingerprint density at radius 2 is 2.00 bits per heavy atom. The molecule has 7 heteroatoms. The van der Waals surface area contributed by atoms with E-state index in [1.165, 1.54) is 0 Å². The van der Waals surface area contributed by atoms with E-state index in [-0.39, 0.29) is 5.75 Å². The molecule has 1 amide bonds. The maximum atomic E-state index is 11.0. The molecule has 6 nitrogen and oxygen atoms in total. The van der Waals surface area contributed by atoms with E-state index in [1.54, 1.807) is 4.72 Å². The monoisotopic (exact) mass is 221 g/mol. The first kappa shape index (κ1) is 11.4. The normalized spacial score (nSPS) is 19.1. The van der Waals surface area contributed by atoms with E-state index in [0.717, 1.165) is 19.5 Å². The van der Waals surface area contributed by atoms with Crippen LogP contribution in [0, 0.1) is 0 Å². The van der Waals surface area contributed by atoms with Crippen molar-refractivity contribution in [3.8, 4) is 0 Å². The second-order valence-electron chi connectivity index (χ2n) is 2.98. The van der Waals surface area contributed by atoms with Crippen molar-refractivity contribution in [2.75, 3.05) is 38.6 Å². The smallest absolute Gasteiger partial charge is 0.323 e. The molecule has 14 heavy (non-hydrogen) atoms. The second kappa shape index (κ2) is 5.28. The molecule has 1 aliphatic heterocycles. The van der Waals surface area contributed by atoms with Crippen molar-refractivity contribution in [2.24, 2.45) is 0 Å². The van der Waals surface area contributed by atoms with Gasteiger partial charge in [-0.2, -0.15) is 0 Å². The highest BCUT2D eigenvalue weighted by Crippen LogP contribution is 1.96. The lowest BCUT2D eigenvalue weighted by molar-refractivity contribution is 0.0408. The molecule has 1 N–H and O–H groups in total. The van der Waals surface area contributed by atoms with Crippen LogP contribution >= 0.6 is 0 Å². The molecule has 0 spiro atoms. The molecule has 1 radical (unpaired) electrons. The van der Waals surface area contributed by atoms with Gasteiger partial charge in [-0.3, -0.25) is 9.69 Å². The fourth-order valence-corrected chi connectivity index (χ4v) is 1.92. The molecule has 1 rings (SSSR count). The van der Waals surface area contributed by atoms with Crippen LogP contribution in [-0.4, -0.2) is 58.3 Å². The third-order valence-electron chi connectivity index (χ3n) is 1.98. The molecule has 1 aliphatic rings. The predicted octanol–water partition coefficient (Wildman–Crippen LogP) is -1.69. The molecular formula is C7H13N2O4S. The average molecular weight is 221 g/mol. The van der Waals surface area contributed by atoms with Crippen molar-refractivity contribution in [1.29, 1.82) is 0 Å². The Balaban J connectivity index is 2.28. The number of ether oxygens (including phenoxy) is 1. The third-order valence-corrected chi connectivity index (χ3v) is 3.09. The van der Waals surface area contributed by atoms with Gasteiger partial charge < -0.3 is 4.74 Å². The van der Waals surface area contributed by atoms with Crippen LogP contribution in [0.4, 0.5) is 0 Å². The van der Waals surface area contributed by atoms with Crippen LogP contribution in [0.15, 0.2) is 0 Å². The molecule has 0 aliphatic carbocycles. The number of nitrogens with one attached hydrogen (secondary N) is 1. The fraction of sp³-hybridized carbons (Fsp3) is 0.857. The summed E-state index contributed by atoms with van der Waals surface area (Å²) in [5.41, 5.74) is 0. The molecule has 1 heterocycles. The van der Waals surface area contributed by atoms with Crippen molar-refractivity contribution in [3.05, 3.63) is 0 Å².